The summed E-state index contributed by atoms with van der Waals surface area (Å²) in [6.45, 7) is 0.303. The van der Waals surface area contributed by atoms with Gasteiger partial charge in [0.15, 0.2) is 0 Å². The highest BCUT2D eigenvalue weighted by Crippen LogP contribution is 2.18. The average Bonchev–Trinajstić information content (AvgIpc) is 2.73. The first-order chi connectivity index (χ1) is 10.6. The molecular formula is C16H24FNO3S. The van der Waals surface area contributed by atoms with Crippen LogP contribution in [0.1, 0.15) is 44.9 Å². The Labute approximate surface area is 132 Å². The summed E-state index contributed by atoms with van der Waals surface area (Å²) in [5.74, 6) is 0.295. The van der Waals surface area contributed by atoms with Crippen molar-refractivity contribution < 1.29 is 17.5 Å². The van der Waals surface area contributed by atoms with Gasteiger partial charge in [0, 0.05) is 6.04 Å². The van der Waals surface area contributed by atoms with Crippen molar-refractivity contribution in [3.8, 4) is 5.75 Å². The third-order valence-corrected chi connectivity index (χ3v) is 5.36. The Kier molecular flexibility index (Phi) is 6.64. The van der Waals surface area contributed by atoms with Crippen molar-refractivity contribution in [2.45, 2.75) is 51.0 Å². The molecule has 124 valence electrons. The molecule has 0 aromatic heterocycles. The Bertz CT molecular complexity index is 537. The van der Waals surface area contributed by atoms with Crippen LogP contribution >= 0.6 is 0 Å². The lowest BCUT2D eigenvalue weighted by Crippen LogP contribution is -2.36. The van der Waals surface area contributed by atoms with Crippen molar-refractivity contribution in [2.24, 2.45) is 0 Å². The predicted octanol–water partition coefficient (Wildman–Crippen LogP) is 3.24. The molecule has 1 fully saturated rings. The number of rotatable bonds is 7. The molecule has 6 heteroatoms. The van der Waals surface area contributed by atoms with E-state index < -0.39 is 10.0 Å². The van der Waals surface area contributed by atoms with E-state index in [1.165, 1.54) is 37.1 Å². The standard InChI is InChI=1S/C16H24FNO3S/c17-14-8-10-16(11-9-14)21-12-5-13-22(19,20)18-15-6-3-1-2-4-7-15/h8-11,15,18H,1-7,12-13H2. The highest BCUT2D eigenvalue weighted by molar-refractivity contribution is 7.89. The van der Waals surface area contributed by atoms with Crippen LogP contribution in [0.4, 0.5) is 4.39 Å². The van der Waals surface area contributed by atoms with E-state index >= 15 is 0 Å². The van der Waals surface area contributed by atoms with Gasteiger partial charge in [-0.3, -0.25) is 0 Å². The van der Waals surface area contributed by atoms with Gasteiger partial charge in [-0.05, 0) is 43.5 Å². The molecule has 0 atom stereocenters. The molecule has 0 saturated heterocycles. The van der Waals surface area contributed by atoms with Crippen LogP contribution in [0.2, 0.25) is 0 Å². The van der Waals surface area contributed by atoms with Crippen LogP contribution in [-0.2, 0) is 10.0 Å². The molecule has 0 aliphatic heterocycles. The summed E-state index contributed by atoms with van der Waals surface area (Å²) in [5.41, 5.74) is 0. The smallest absolute Gasteiger partial charge is 0.211 e. The van der Waals surface area contributed by atoms with Crippen LogP contribution in [0.3, 0.4) is 0 Å². The summed E-state index contributed by atoms with van der Waals surface area (Å²) in [5, 5.41) is 0. The summed E-state index contributed by atoms with van der Waals surface area (Å²) in [6, 6.07) is 5.80. The van der Waals surface area contributed by atoms with E-state index in [2.05, 4.69) is 4.72 Å². The minimum Gasteiger partial charge on any atom is -0.494 e. The van der Waals surface area contributed by atoms with Crippen LogP contribution in [-0.4, -0.2) is 26.8 Å². The SMILES string of the molecule is O=S(=O)(CCCOc1ccc(F)cc1)NC1CCCCCC1. The summed E-state index contributed by atoms with van der Waals surface area (Å²) in [6.07, 6.45) is 6.88. The average molecular weight is 329 g/mol. The zero-order chi connectivity index (χ0) is 15.8. The first kappa shape index (κ1) is 17.2. The highest BCUT2D eigenvalue weighted by Gasteiger charge is 2.18. The molecule has 1 aromatic carbocycles. The second kappa shape index (κ2) is 8.48. The van der Waals surface area contributed by atoms with Gasteiger partial charge >= 0.3 is 0 Å². The van der Waals surface area contributed by atoms with Crippen molar-refractivity contribution in [2.75, 3.05) is 12.4 Å². The minimum absolute atomic E-state index is 0.0602. The van der Waals surface area contributed by atoms with Crippen LogP contribution in [0.15, 0.2) is 24.3 Å². The van der Waals surface area contributed by atoms with E-state index in [0.29, 0.717) is 18.8 Å². The number of hydrogen-bond acceptors (Lipinski definition) is 3. The van der Waals surface area contributed by atoms with E-state index in [1.807, 2.05) is 0 Å². The largest absolute Gasteiger partial charge is 0.494 e. The number of hydrogen-bond donors (Lipinski definition) is 1. The second-order valence-electron chi connectivity index (χ2n) is 5.78. The normalized spacial score (nSPS) is 17.1. The third kappa shape index (κ3) is 6.32. The van der Waals surface area contributed by atoms with Crippen LogP contribution in [0, 0.1) is 5.82 Å². The van der Waals surface area contributed by atoms with Crippen molar-refractivity contribution in [1.29, 1.82) is 0 Å². The number of sulfonamides is 1. The summed E-state index contributed by atoms with van der Waals surface area (Å²) in [4.78, 5) is 0. The number of nitrogens with one attached hydrogen (secondary N) is 1. The van der Waals surface area contributed by atoms with Gasteiger partial charge in [0.25, 0.3) is 0 Å². The second-order valence-corrected chi connectivity index (χ2v) is 7.65. The maximum absolute atomic E-state index is 12.7. The van der Waals surface area contributed by atoms with E-state index in [1.54, 1.807) is 0 Å². The molecule has 0 heterocycles. The summed E-state index contributed by atoms with van der Waals surface area (Å²) >= 11 is 0. The van der Waals surface area contributed by atoms with Gasteiger partial charge in [-0.25, -0.2) is 17.5 Å². The predicted molar refractivity (Wildman–Crippen MR) is 84.9 cm³/mol. The maximum Gasteiger partial charge on any atom is 0.211 e. The lowest BCUT2D eigenvalue weighted by atomic mass is 10.1. The fourth-order valence-electron chi connectivity index (χ4n) is 2.68. The fourth-order valence-corrected chi connectivity index (χ4v) is 4.04. The molecule has 2 rings (SSSR count). The number of ether oxygens (including phenoxy) is 1. The van der Waals surface area contributed by atoms with Crippen molar-refractivity contribution >= 4 is 10.0 Å². The molecular weight excluding hydrogens is 305 g/mol. The summed E-state index contributed by atoms with van der Waals surface area (Å²) < 4.78 is 45.1. The molecule has 0 bridgehead atoms. The quantitative estimate of drug-likeness (QED) is 0.617. The Morgan fingerprint density at radius 3 is 2.36 bits per heavy atom. The zero-order valence-electron chi connectivity index (χ0n) is 12.8. The molecule has 22 heavy (non-hydrogen) atoms. The van der Waals surface area contributed by atoms with Crippen molar-refractivity contribution in [3.63, 3.8) is 0 Å². The molecule has 1 N–H and O–H groups in total. The maximum atomic E-state index is 12.7. The van der Waals surface area contributed by atoms with Crippen molar-refractivity contribution in [1.82, 2.24) is 4.72 Å². The Morgan fingerprint density at radius 2 is 1.73 bits per heavy atom. The highest BCUT2D eigenvalue weighted by atomic mass is 32.2. The lowest BCUT2D eigenvalue weighted by Gasteiger charge is -2.16. The molecule has 4 nitrogen and oxygen atoms in total. The van der Waals surface area contributed by atoms with Crippen LogP contribution in [0.5, 0.6) is 5.75 Å². The Morgan fingerprint density at radius 1 is 1.09 bits per heavy atom. The lowest BCUT2D eigenvalue weighted by molar-refractivity contribution is 0.317. The van der Waals surface area contributed by atoms with Gasteiger partial charge in [-0.15, -0.1) is 0 Å². The van der Waals surface area contributed by atoms with Gasteiger partial charge in [0.1, 0.15) is 11.6 Å². The first-order valence-electron chi connectivity index (χ1n) is 7.93. The number of benzene rings is 1. The molecule has 1 aromatic rings. The van der Waals surface area contributed by atoms with Crippen LogP contribution < -0.4 is 9.46 Å². The number of halogens is 1. The molecule has 0 unspecified atom stereocenters. The monoisotopic (exact) mass is 329 g/mol. The summed E-state index contributed by atoms with van der Waals surface area (Å²) in [7, 11) is -3.25. The minimum atomic E-state index is -3.25. The molecule has 0 radical (unpaired) electrons. The Balaban J connectivity index is 1.69. The Hall–Kier alpha value is -1.14. The molecule has 1 aliphatic carbocycles. The topological polar surface area (TPSA) is 55.4 Å². The van der Waals surface area contributed by atoms with E-state index in [4.69, 9.17) is 4.74 Å². The van der Waals surface area contributed by atoms with Crippen LogP contribution in [0.25, 0.3) is 0 Å². The molecule has 1 saturated carbocycles. The molecule has 0 spiro atoms. The molecule has 1 aliphatic rings. The van der Waals surface area contributed by atoms with E-state index in [-0.39, 0.29) is 17.6 Å². The van der Waals surface area contributed by atoms with Gasteiger partial charge < -0.3 is 4.74 Å². The zero-order valence-corrected chi connectivity index (χ0v) is 13.6. The van der Waals surface area contributed by atoms with Gasteiger partial charge in [0.05, 0.1) is 12.4 Å². The van der Waals surface area contributed by atoms with Crippen molar-refractivity contribution in [3.05, 3.63) is 30.1 Å². The fraction of sp³-hybridized carbons (Fsp3) is 0.625. The molecule has 0 amide bonds. The van der Waals surface area contributed by atoms with E-state index in [9.17, 15) is 12.8 Å². The first-order valence-corrected chi connectivity index (χ1v) is 9.59. The van der Waals surface area contributed by atoms with Gasteiger partial charge in [-0.1, -0.05) is 25.7 Å². The third-order valence-electron chi connectivity index (χ3n) is 3.84. The van der Waals surface area contributed by atoms with Gasteiger partial charge in [-0.2, -0.15) is 0 Å². The van der Waals surface area contributed by atoms with Gasteiger partial charge in [0.2, 0.25) is 10.0 Å². The van der Waals surface area contributed by atoms with E-state index in [0.717, 1.165) is 25.7 Å².